The van der Waals surface area contributed by atoms with E-state index in [4.69, 9.17) is 0 Å². The third kappa shape index (κ3) is 2.39. The van der Waals surface area contributed by atoms with Gasteiger partial charge in [-0.2, -0.15) is 0 Å². The molecule has 0 bridgehead atoms. The summed E-state index contributed by atoms with van der Waals surface area (Å²) >= 11 is 0. The lowest BCUT2D eigenvalue weighted by molar-refractivity contribution is -0.123. The van der Waals surface area contributed by atoms with Gasteiger partial charge in [-0.1, -0.05) is 32.0 Å². The summed E-state index contributed by atoms with van der Waals surface area (Å²) in [7, 11) is 1.87. The Hall–Kier alpha value is -1.35. The van der Waals surface area contributed by atoms with Crippen LogP contribution in [0.1, 0.15) is 33.3 Å². The number of benzene rings is 1. The first-order valence-corrected chi connectivity index (χ1v) is 6.96. The van der Waals surface area contributed by atoms with Crippen LogP contribution in [0.3, 0.4) is 0 Å². The number of carbonyl (C=O) groups is 1. The number of hydrogen-bond acceptors (Lipinski definition) is 2. The van der Waals surface area contributed by atoms with Gasteiger partial charge in [0.15, 0.2) is 0 Å². The SMILES string of the molecule is CNC1C(=O)N(C(C)C)c2ccccc2CC1(C)C. The van der Waals surface area contributed by atoms with Crippen molar-refractivity contribution in [2.75, 3.05) is 11.9 Å². The van der Waals surface area contributed by atoms with Gasteiger partial charge in [-0.05, 0) is 44.4 Å². The molecule has 1 aromatic carbocycles. The second-order valence-electron chi connectivity index (χ2n) is 6.32. The van der Waals surface area contributed by atoms with Crippen LogP contribution in [-0.4, -0.2) is 25.0 Å². The highest BCUT2D eigenvalue weighted by atomic mass is 16.2. The third-order valence-electron chi connectivity index (χ3n) is 3.97. The van der Waals surface area contributed by atoms with Crippen LogP contribution in [0.2, 0.25) is 0 Å². The van der Waals surface area contributed by atoms with Crippen molar-refractivity contribution in [2.24, 2.45) is 5.41 Å². The summed E-state index contributed by atoms with van der Waals surface area (Å²) in [6.45, 7) is 8.46. The fourth-order valence-electron chi connectivity index (χ4n) is 3.13. The van der Waals surface area contributed by atoms with Gasteiger partial charge in [0, 0.05) is 11.7 Å². The molecule has 19 heavy (non-hydrogen) atoms. The van der Waals surface area contributed by atoms with Crippen molar-refractivity contribution in [1.82, 2.24) is 5.32 Å². The molecule has 1 heterocycles. The zero-order valence-electron chi connectivity index (χ0n) is 12.5. The summed E-state index contributed by atoms with van der Waals surface area (Å²) in [4.78, 5) is 14.8. The molecule has 1 atom stereocenters. The van der Waals surface area contributed by atoms with E-state index in [2.05, 4.69) is 51.2 Å². The predicted octanol–water partition coefficient (Wildman–Crippen LogP) is 2.60. The number of nitrogens with one attached hydrogen (secondary N) is 1. The minimum atomic E-state index is -0.151. The van der Waals surface area contributed by atoms with E-state index in [1.165, 1.54) is 5.56 Å². The highest BCUT2D eigenvalue weighted by Crippen LogP contribution is 2.37. The summed E-state index contributed by atoms with van der Waals surface area (Å²) in [5.74, 6) is 0.174. The van der Waals surface area contributed by atoms with Crippen molar-refractivity contribution >= 4 is 11.6 Å². The normalized spacial score (nSPS) is 22.3. The molecule has 1 amide bonds. The Kier molecular flexibility index (Phi) is 3.68. The van der Waals surface area contributed by atoms with Crippen LogP contribution in [-0.2, 0) is 11.2 Å². The number of likely N-dealkylation sites (N-methyl/N-ethyl adjacent to an activating group) is 1. The average Bonchev–Trinajstić information content (AvgIpc) is 2.38. The first-order chi connectivity index (χ1) is 8.88. The summed E-state index contributed by atoms with van der Waals surface area (Å²) in [6.07, 6.45) is 0.906. The molecular formula is C16H24N2O. The third-order valence-corrected chi connectivity index (χ3v) is 3.97. The van der Waals surface area contributed by atoms with E-state index >= 15 is 0 Å². The van der Waals surface area contributed by atoms with E-state index in [0.29, 0.717) is 0 Å². The van der Waals surface area contributed by atoms with Gasteiger partial charge >= 0.3 is 0 Å². The molecule has 0 aromatic heterocycles. The number of amides is 1. The molecule has 1 aliphatic rings. The quantitative estimate of drug-likeness (QED) is 0.886. The van der Waals surface area contributed by atoms with Gasteiger partial charge in [-0.25, -0.2) is 0 Å². The molecule has 3 heteroatoms. The van der Waals surface area contributed by atoms with Crippen LogP contribution >= 0.6 is 0 Å². The Bertz CT molecular complexity index is 479. The van der Waals surface area contributed by atoms with E-state index in [0.717, 1.165) is 12.1 Å². The molecule has 0 spiro atoms. The van der Waals surface area contributed by atoms with E-state index < -0.39 is 0 Å². The van der Waals surface area contributed by atoms with Crippen molar-refractivity contribution in [3.8, 4) is 0 Å². The molecule has 1 N–H and O–H groups in total. The molecule has 3 nitrogen and oxygen atoms in total. The second kappa shape index (κ2) is 4.97. The topological polar surface area (TPSA) is 32.3 Å². The van der Waals surface area contributed by atoms with Gasteiger partial charge in [0.2, 0.25) is 5.91 Å². The number of hydrogen-bond donors (Lipinski definition) is 1. The van der Waals surface area contributed by atoms with Crippen molar-refractivity contribution < 1.29 is 4.79 Å². The van der Waals surface area contributed by atoms with Gasteiger partial charge in [0.1, 0.15) is 0 Å². The number of nitrogens with zero attached hydrogens (tertiary/aromatic N) is 1. The molecule has 104 valence electrons. The molecule has 0 aliphatic carbocycles. The summed E-state index contributed by atoms with van der Waals surface area (Å²) in [6, 6.07) is 8.27. The molecule has 0 fully saturated rings. The van der Waals surface area contributed by atoms with Crippen LogP contribution in [0.15, 0.2) is 24.3 Å². The van der Waals surface area contributed by atoms with Crippen molar-refractivity contribution in [2.45, 2.75) is 46.2 Å². The molecular weight excluding hydrogens is 236 g/mol. The van der Waals surface area contributed by atoms with E-state index in [-0.39, 0.29) is 23.4 Å². The standard InChI is InChI=1S/C16H24N2O/c1-11(2)18-13-9-7-6-8-12(13)10-16(3,4)14(17-5)15(18)19/h6-9,11,14,17H,10H2,1-5H3. The summed E-state index contributed by atoms with van der Waals surface area (Å²) in [5.41, 5.74) is 2.23. The number of fused-ring (bicyclic) bond motifs is 1. The fraction of sp³-hybridized carbons (Fsp3) is 0.562. The van der Waals surface area contributed by atoms with Crippen molar-refractivity contribution in [1.29, 1.82) is 0 Å². The zero-order valence-corrected chi connectivity index (χ0v) is 12.5. The van der Waals surface area contributed by atoms with Crippen molar-refractivity contribution in [3.05, 3.63) is 29.8 Å². The predicted molar refractivity (Wildman–Crippen MR) is 79.4 cm³/mol. The van der Waals surface area contributed by atoms with Crippen LogP contribution in [0.4, 0.5) is 5.69 Å². The zero-order chi connectivity index (χ0) is 14.2. The number of anilines is 1. The molecule has 0 radical (unpaired) electrons. The fourth-order valence-corrected chi connectivity index (χ4v) is 3.13. The lowest BCUT2D eigenvalue weighted by Gasteiger charge is -2.34. The Morgan fingerprint density at radius 1 is 1.32 bits per heavy atom. The first kappa shape index (κ1) is 14.1. The van der Waals surface area contributed by atoms with Crippen LogP contribution in [0.25, 0.3) is 0 Å². The van der Waals surface area contributed by atoms with Gasteiger partial charge in [0.25, 0.3) is 0 Å². The molecule has 2 rings (SSSR count). The van der Waals surface area contributed by atoms with Crippen LogP contribution in [0.5, 0.6) is 0 Å². The molecule has 0 saturated carbocycles. The van der Waals surface area contributed by atoms with E-state index in [9.17, 15) is 4.79 Å². The number of carbonyl (C=O) groups excluding carboxylic acids is 1. The first-order valence-electron chi connectivity index (χ1n) is 6.96. The van der Waals surface area contributed by atoms with E-state index in [1.54, 1.807) is 0 Å². The second-order valence-corrected chi connectivity index (χ2v) is 6.32. The minimum Gasteiger partial charge on any atom is -0.308 e. The highest BCUT2D eigenvalue weighted by Gasteiger charge is 2.41. The Balaban J connectivity index is 2.59. The minimum absolute atomic E-state index is 0.0917. The molecule has 1 aliphatic heterocycles. The Morgan fingerprint density at radius 3 is 2.53 bits per heavy atom. The van der Waals surface area contributed by atoms with Crippen LogP contribution < -0.4 is 10.2 Å². The molecule has 0 saturated heterocycles. The molecule has 1 unspecified atom stereocenters. The smallest absolute Gasteiger partial charge is 0.244 e. The molecule has 1 aromatic rings. The summed E-state index contributed by atoms with van der Waals surface area (Å²) < 4.78 is 0. The Labute approximate surface area is 116 Å². The van der Waals surface area contributed by atoms with Gasteiger partial charge in [-0.15, -0.1) is 0 Å². The average molecular weight is 260 g/mol. The largest absolute Gasteiger partial charge is 0.308 e. The number of rotatable bonds is 2. The maximum absolute atomic E-state index is 12.9. The van der Waals surface area contributed by atoms with Gasteiger partial charge < -0.3 is 10.2 Å². The van der Waals surface area contributed by atoms with E-state index in [1.807, 2.05) is 18.0 Å². The van der Waals surface area contributed by atoms with Gasteiger partial charge in [-0.3, -0.25) is 4.79 Å². The lowest BCUT2D eigenvalue weighted by Crippen LogP contribution is -2.53. The summed E-state index contributed by atoms with van der Waals surface area (Å²) in [5, 5.41) is 3.21. The number of para-hydroxylation sites is 1. The maximum Gasteiger partial charge on any atom is 0.244 e. The monoisotopic (exact) mass is 260 g/mol. The lowest BCUT2D eigenvalue weighted by atomic mass is 9.79. The van der Waals surface area contributed by atoms with Crippen LogP contribution in [0, 0.1) is 5.41 Å². The van der Waals surface area contributed by atoms with Crippen molar-refractivity contribution in [3.63, 3.8) is 0 Å². The van der Waals surface area contributed by atoms with Gasteiger partial charge in [0.05, 0.1) is 6.04 Å². The maximum atomic E-state index is 12.9. The highest BCUT2D eigenvalue weighted by molar-refractivity contribution is 5.99. The Morgan fingerprint density at radius 2 is 1.95 bits per heavy atom.